The Balaban J connectivity index is 1.29. The maximum absolute atomic E-state index is 12.6. The van der Waals surface area contributed by atoms with Crippen molar-refractivity contribution < 1.29 is 34.1 Å². The van der Waals surface area contributed by atoms with Gasteiger partial charge in [-0.1, -0.05) is 54.6 Å². The molecule has 4 rings (SSSR count). The fraction of sp³-hybridized carbons (Fsp3) is 0.323. The van der Waals surface area contributed by atoms with E-state index in [0.717, 1.165) is 5.56 Å². The van der Waals surface area contributed by atoms with Gasteiger partial charge in [0, 0.05) is 23.2 Å². The second kappa shape index (κ2) is 11.8. The summed E-state index contributed by atoms with van der Waals surface area (Å²) in [5, 5.41) is 26.7. The molecule has 0 heterocycles. The molecule has 2 amide bonds. The third kappa shape index (κ3) is 6.98. The lowest BCUT2D eigenvalue weighted by Gasteiger charge is -2.36. The molecule has 0 aromatic heterocycles. The number of benzene rings is 3. The van der Waals surface area contributed by atoms with E-state index >= 15 is 0 Å². The van der Waals surface area contributed by atoms with Gasteiger partial charge in [0.2, 0.25) is 5.60 Å². The molecular formula is C31H34N2O7. The minimum absolute atomic E-state index is 0.0249. The maximum atomic E-state index is 12.6. The molecule has 40 heavy (non-hydrogen) atoms. The molecule has 0 aliphatic heterocycles. The number of hydrogen-bond acceptors (Lipinski definition) is 6. The second-order valence-corrected chi connectivity index (χ2v) is 10.9. The van der Waals surface area contributed by atoms with E-state index in [1.165, 1.54) is 6.07 Å². The number of aliphatic hydroxyl groups is 1. The Bertz CT molecular complexity index is 1350. The molecule has 1 aliphatic carbocycles. The van der Waals surface area contributed by atoms with Crippen molar-refractivity contribution in [3.8, 4) is 5.75 Å². The van der Waals surface area contributed by atoms with Gasteiger partial charge in [-0.2, -0.15) is 0 Å². The average Bonchev–Trinajstić information content (AvgIpc) is 2.90. The number of carbonyl (C=O) groups excluding carboxylic acids is 2. The van der Waals surface area contributed by atoms with Gasteiger partial charge < -0.3 is 30.3 Å². The fourth-order valence-corrected chi connectivity index (χ4v) is 4.42. The highest BCUT2D eigenvalue weighted by molar-refractivity contribution is 5.94. The molecule has 0 unspecified atom stereocenters. The average molecular weight is 547 g/mol. The number of hydrogen-bond donors (Lipinski definition) is 4. The van der Waals surface area contributed by atoms with E-state index in [0.29, 0.717) is 24.2 Å². The zero-order chi connectivity index (χ0) is 28.9. The summed E-state index contributed by atoms with van der Waals surface area (Å²) in [5.41, 5.74) is -1.05. The molecule has 1 aliphatic rings. The Kier molecular flexibility index (Phi) is 8.44. The lowest BCUT2D eigenvalue weighted by atomic mass is 9.86. The van der Waals surface area contributed by atoms with Crippen LogP contribution in [0.25, 0.3) is 0 Å². The molecule has 3 aromatic rings. The first-order valence-corrected chi connectivity index (χ1v) is 13.1. The lowest BCUT2D eigenvalue weighted by molar-refractivity contribution is -0.155. The molecule has 1 fully saturated rings. The largest absolute Gasteiger partial charge is 0.489 e. The number of aliphatic carboxylic acids is 1. The van der Waals surface area contributed by atoms with Gasteiger partial charge in [-0.3, -0.25) is 4.79 Å². The summed E-state index contributed by atoms with van der Waals surface area (Å²) < 4.78 is 11.1. The molecular weight excluding hydrogens is 512 g/mol. The standard InChI is InChI=1S/C31H34N2O7/c1-30(2,3)40-29(37)33-25-17-24(18-25)32-27(34)21-14-12-20(13-15-21)19-39-26-11-7-10-23(16-26)31(38,28(35)36)22-8-5-4-6-9-22/h4-16,24-25,38H,17-19H2,1-3H3,(H,32,34)(H,33,37)(H,35,36)/t24?,25?,31-/m0/s1. The molecule has 210 valence electrons. The van der Waals surface area contributed by atoms with E-state index in [1.54, 1.807) is 93.6 Å². The minimum Gasteiger partial charge on any atom is -0.489 e. The van der Waals surface area contributed by atoms with Crippen molar-refractivity contribution in [1.82, 2.24) is 10.6 Å². The Labute approximate surface area is 233 Å². The number of carbonyl (C=O) groups is 3. The molecule has 0 spiro atoms. The van der Waals surface area contributed by atoms with Gasteiger partial charge in [0.1, 0.15) is 18.0 Å². The zero-order valence-electron chi connectivity index (χ0n) is 22.7. The lowest BCUT2D eigenvalue weighted by Crippen LogP contribution is -2.54. The van der Waals surface area contributed by atoms with Gasteiger partial charge in [0.05, 0.1) is 0 Å². The first kappa shape index (κ1) is 28.6. The Morgan fingerprint density at radius 1 is 0.850 bits per heavy atom. The van der Waals surface area contributed by atoms with Gasteiger partial charge in [-0.05, 0) is 69.0 Å². The van der Waals surface area contributed by atoms with E-state index in [4.69, 9.17) is 9.47 Å². The van der Waals surface area contributed by atoms with E-state index in [9.17, 15) is 24.6 Å². The van der Waals surface area contributed by atoms with Crippen molar-refractivity contribution in [2.24, 2.45) is 0 Å². The molecule has 4 N–H and O–H groups in total. The summed E-state index contributed by atoms with van der Waals surface area (Å²) in [6.45, 7) is 5.60. The maximum Gasteiger partial charge on any atom is 0.407 e. The summed E-state index contributed by atoms with van der Waals surface area (Å²) >= 11 is 0. The number of ether oxygens (including phenoxy) is 2. The smallest absolute Gasteiger partial charge is 0.407 e. The van der Waals surface area contributed by atoms with Crippen molar-refractivity contribution in [2.75, 3.05) is 0 Å². The summed E-state index contributed by atoms with van der Waals surface area (Å²) in [6.07, 6.45) is 0.815. The SMILES string of the molecule is CC(C)(C)OC(=O)NC1CC(NC(=O)c2ccc(COc3cccc([C@](O)(C(=O)O)c4ccccc4)c3)cc2)C1. The van der Waals surface area contributed by atoms with E-state index < -0.39 is 23.3 Å². The van der Waals surface area contributed by atoms with Crippen LogP contribution in [0.1, 0.15) is 60.7 Å². The van der Waals surface area contributed by atoms with Crippen LogP contribution in [-0.4, -0.2) is 45.9 Å². The van der Waals surface area contributed by atoms with Crippen molar-refractivity contribution in [3.05, 3.63) is 101 Å². The first-order chi connectivity index (χ1) is 18.9. The molecule has 1 atom stereocenters. The quantitative estimate of drug-likeness (QED) is 0.313. The third-order valence-electron chi connectivity index (χ3n) is 6.57. The minimum atomic E-state index is -2.22. The summed E-state index contributed by atoms with van der Waals surface area (Å²) in [7, 11) is 0. The summed E-state index contributed by atoms with van der Waals surface area (Å²) in [5.74, 6) is -1.19. The molecule has 9 heteroatoms. The summed E-state index contributed by atoms with van der Waals surface area (Å²) in [4.78, 5) is 36.5. The fourth-order valence-electron chi connectivity index (χ4n) is 4.42. The highest BCUT2D eigenvalue weighted by Crippen LogP contribution is 2.32. The molecule has 0 saturated heterocycles. The van der Waals surface area contributed by atoms with Crippen LogP contribution in [0.3, 0.4) is 0 Å². The van der Waals surface area contributed by atoms with E-state index in [2.05, 4.69) is 10.6 Å². The number of carboxylic acid groups (broad SMARTS) is 1. The molecule has 9 nitrogen and oxygen atoms in total. The van der Waals surface area contributed by atoms with Crippen LogP contribution in [0, 0.1) is 0 Å². The van der Waals surface area contributed by atoms with E-state index in [-0.39, 0.29) is 35.7 Å². The van der Waals surface area contributed by atoms with E-state index in [1.807, 2.05) is 0 Å². The number of nitrogens with one attached hydrogen (secondary N) is 2. The number of amides is 2. The highest BCUT2D eigenvalue weighted by Gasteiger charge is 2.40. The van der Waals surface area contributed by atoms with Crippen LogP contribution in [0.5, 0.6) is 5.75 Å². The molecule has 3 aromatic carbocycles. The van der Waals surface area contributed by atoms with Gasteiger partial charge in [-0.15, -0.1) is 0 Å². The van der Waals surface area contributed by atoms with Crippen molar-refractivity contribution in [1.29, 1.82) is 0 Å². The van der Waals surface area contributed by atoms with Crippen molar-refractivity contribution in [2.45, 2.75) is 63.5 Å². The second-order valence-electron chi connectivity index (χ2n) is 10.9. The van der Waals surface area contributed by atoms with Gasteiger partial charge >= 0.3 is 12.1 Å². The third-order valence-corrected chi connectivity index (χ3v) is 6.57. The van der Waals surface area contributed by atoms with Crippen LogP contribution >= 0.6 is 0 Å². The Morgan fingerprint density at radius 3 is 2.10 bits per heavy atom. The zero-order valence-corrected chi connectivity index (χ0v) is 22.7. The van der Waals surface area contributed by atoms with Crippen LogP contribution in [0.4, 0.5) is 4.79 Å². The van der Waals surface area contributed by atoms with Gasteiger partial charge in [0.25, 0.3) is 5.91 Å². The van der Waals surface area contributed by atoms with Crippen LogP contribution in [0.2, 0.25) is 0 Å². The highest BCUT2D eigenvalue weighted by atomic mass is 16.6. The Hall–Kier alpha value is -4.37. The Morgan fingerprint density at radius 2 is 1.48 bits per heavy atom. The number of rotatable bonds is 9. The molecule has 0 bridgehead atoms. The molecule has 1 saturated carbocycles. The van der Waals surface area contributed by atoms with Crippen molar-refractivity contribution in [3.63, 3.8) is 0 Å². The number of carboxylic acids is 1. The first-order valence-electron chi connectivity index (χ1n) is 13.1. The molecule has 0 radical (unpaired) electrons. The topological polar surface area (TPSA) is 134 Å². The van der Waals surface area contributed by atoms with Crippen LogP contribution in [-0.2, 0) is 21.7 Å². The summed E-state index contributed by atoms with van der Waals surface area (Å²) in [6, 6.07) is 21.5. The predicted molar refractivity (Wildman–Crippen MR) is 148 cm³/mol. The van der Waals surface area contributed by atoms with Crippen LogP contribution < -0.4 is 15.4 Å². The van der Waals surface area contributed by atoms with Crippen LogP contribution in [0.15, 0.2) is 78.9 Å². The number of alkyl carbamates (subject to hydrolysis) is 1. The van der Waals surface area contributed by atoms with Gasteiger partial charge in [0.15, 0.2) is 0 Å². The van der Waals surface area contributed by atoms with Crippen molar-refractivity contribution >= 4 is 18.0 Å². The van der Waals surface area contributed by atoms with Gasteiger partial charge in [-0.25, -0.2) is 9.59 Å². The predicted octanol–water partition coefficient (Wildman–Crippen LogP) is 4.37. The normalized spacial score (nSPS) is 18.0. The monoisotopic (exact) mass is 546 g/mol.